The van der Waals surface area contributed by atoms with Gasteiger partial charge < -0.3 is 5.41 Å². The third kappa shape index (κ3) is 3.55. The molecule has 0 spiro atoms. The molecule has 0 fully saturated rings. The monoisotopic (exact) mass is 229 g/mol. The highest BCUT2D eigenvalue weighted by molar-refractivity contribution is 6.11. The first-order chi connectivity index (χ1) is 7.88. The predicted molar refractivity (Wildman–Crippen MR) is 76.9 cm³/mol. The zero-order valence-corrected chi connectivity index (χ0v) is 11.6. The van der Waals surface area contributed by atoms with Crippen molar-refractivity contribution >= 4 is 17.9 Å². The molecule has 1 nitrogen and oxygen atoms in total. The van der Waals surface area contributed by atoms with Crippen LogP contribution in [0.3, 0.4) is 0 Å². The Morgan fingerprint density at radius 2 is 1.88 bits per heavy atom. The molecule has 1 aromatic carbocycles. The number of hydrogen-bond donors (Lipinski definition) is 1. The lowest BCUT2D eigenvalue weighted by molar-refractivity contribution is 0.593. The van der Waals surface area contributed by atoms with E-state index in [0.29, 0.717) is 5.71 Å². The van der Waals surface area contributed by atoms with Crippen LogP contribution >= 0.6 is 0 Å². The largest absolute Gasteiger partial charge is 0.305 e. The van der Waals surface area contributed by atoms with Crippen LogP contribution in [0.15, 0.2) is 18.2 Å². The van der Waals surface area contributed by atoms with E-state index >= 15 is 0 Å². The molecule has 1 heteroatoms. The number of aryl methyl sites for hydroxylation is 1. The van der Waals surface area contributed by atoms with Crippen LogP contribution in [0.4, 0.5) is 0 Å². The van der Waals surface area contributed by atoms with Crippen molar-refractivity contribution in [2.75, 3.05) is 0 Å². The molecule has 0 aliphatic heterocycles. The van der Waals surface area contributed by atoms with E-state index in [0.717, 1.165) is 11.6 Å². The summed E-state index contributed by atoms with van der Waals surface area (Å²) in [7, 11) is 0. The van der Waals surface area contributed by atoms with Gasteiger partial charge in [-0.05, 0) is 35.4 Å². The molecule has 0 aliphatic rings. The van der Waals surface area contributed by atoms with Gasteiger partial charge >= 0.3 is 0 Å². The fourth-order valence-electron chi connectivity index (χ4n) is 1.60. The first-order valence-corrected chi connectivity index (χ1v) is 6.24. The standard InChI is InChI=1S/C16H23N/c1-6-12-8-9-14(13(7-2)10-12)11-15(17)16(3,4)5/h7-11,17H,6H2,1-5H3/b13-7-,14-11-,17-15?. The molecule has 0 atom stereocenters. The molecule has 0 amide bonds. The Morgan fingerprint density at radius 3 is 2.35 bits per heavy atom. The zero-order valence-electron chi connectivity index (χ0n) is 11.6. The van der Waals surface area contributed by atoms with Gasteiger partial charge in [0.2, 0.25) is 0 Å². The van der Waals surface area contributed by atoms with E-state index in [9.17, 15) is 0 Å². The van der Waals surface area contributed by atoms with Crippen molar-refractivity contribution in [1.82, 2.24) is 0 Å². The second-order valence-electron chi connectivity index (χ2n) is 5.41. The summed E-state index contributed by atoms with van der Waals surface area (Å²) in [6.45, 7) is 10.4. The van der Waals surface area contributed by atoms with E-state index in [1.54, 1.807) is 0 Å². The van der Waals surface area contributed by atoms with Crippen molar-refractivity contribution in [3.05, 3.63) is 34.2 Å². The normalized spacial score (nSPS) is 14.2. The van der Waals surface area contributed by atoms with Crippen molar-refractivity contribution in [1.29, 1.82) is 5.41 Å². The summed E-state index contributed by atoms with van der Waals surface area (Å²) in [5.74, 6) is 0. The zero-order chi connectivity index (χ0) is 13.1. The molecule has 0 unspecified atom stereocenters. The van der Waals surface area contributed by atoms with Crippen LogP contribution in [0, 0.1) is 10.8 Å². The summed E-state index contributed by atoms with van der Waals surface area (Å²) in [4.78, 5) is 0. The first kappa shape index (κ1) is 13.7. The SMILES string of the molecule is C/C=c1/cc(CC)cc/c1=C/C(=N)C(C)(C)C. The minimum absolute atomic E-state index is 0.0889. The van der Waals surface area contributed by atoms with E-state index in [4.69, 9.17) is 5.41 Å². The molecule has 1 N–H and O–H groups in total. The average molecular weight is 229 g/mol. The Morgan fingerprint density at radius 1 is 1.24 bits per heavy atom. The fourth-order valence-corrected chi connectivity index (χ4v) is 1.60. The third-order valence-electron chi connectivity index (χ3n) is 2.98. The molecule has 0 bridgehead atoms. The van der Waals surface area contributed by atoms with Gasteiger partial charge in [-0.2, -0.15) is 0 Å². The molecule has 0 heterocycles. The van der Waals surface area contributed by atoms with Gasteiger partial charge in [-0.3, -0.25) is 0 Å². The van der Waals surface area contributed by atoms with Gasteiger partial charge in [0.25, 0.3) is 0 Å². The Bertz CT molecular complexity index is 515. The lowest BCUT2D eigenvalue weighted by atomic mass is 9.89. The minimum atomic E-state index is -0.0889. The van der Waals surface area contributed by atoms with Gasteiger partial charge in [0.1, 0.15) is 0 Å². The Labute approximate surface area is 104 Å². The molecule has 1 aromatic rings. The summed E-state index contributed by atoms with van der Waals surface area (Å²) < 4.78 is 0. The summed E-state index contributed by atoms with van der Waals surface area (Å²) in [5, 5.41) is 10.4. The fraction of sp³-hybridized carbons (Fsp3) is 0.438. The van der Waals surface area contributed by atoms with Crippen LogP contribution < -0.4 is 10.4 Å². The van der Waals surface area contributed by atoms with E-state index in [1.165, 1.54) is 10.8 Å². The van der Waals surface area contributed by atoms with E-state index < -0.39 is 0 Å². The highest BCUT2D eigenvalue weighted by Crippen LogP contribution is 2.15. The second kappa shape index (κ2) is 5.31. The van der Waals surface area contributed by atoms with Crippen LogP contribution in [-0.2, 0) is 6.42 Å². The Hall–Kier alpha value is -1.37. The molecule has 0 radical (unpaired) electrons. The maximum absolute atomic E-state index is 8.08. The van der Waals surface area contributed by atoms with Crippen molar-refractivity contribution < 1.29 is 0 Å². The van der Waals surface area contributed by atoms with Gasteiger partial charge in [0.15, 0.2) is 0 Å². The molecule has 0 saturated carbocycles. The maximum Gasteiger partial charge on any atom is 0.0373 e. The van der Waals surface area contributed by atoms with Gasteiger partial charge in [0, 0.05) is 11.1 Å². The topological polar surface area (TPSA) is 23.9 Å². The van der Waals surface area contributed by atoms with Crippen molar-refractivity contribution in [3.8, 4) is 0 Å². The number of nitrogens with one attached hydrogen (secondary N) is 1. The molecule has 1 rings (SSSR count). The molecular formula is C16H23N. The maximum atomic E-state index is 8.08. The summed E-state index contributed by atoms with van der Waals surface area (Å²) >= 11 is 0. The molecule has 0 aromatic heterocycles. The summed E-state index contributed by atoms with van der Waals surface area (Å²) in [5.41, 5.74) is 1.93. The van der Waals surface area contributed by atoms with Crippen molar-refractivity contribution in [2.45, 2.75) is 41.0 Å². The summed E-state index contributed by atoms with van der Waals surface area (Å²) in [6.07, 6.45) is 5.15. The molecular weight excluding hydrogens is 206 g/mol. The summed E-state index contributed by atoms with van der Waals surface area (Å²) in [6, 6.07) is 6.48. The Kier molecular flexibility index (Phi) is 4.28. The highest BCUT2D eigenvalue weighted by Gasteiger charge is 2.14. The Balaban J connectivity index is 3.34. The van der Waals surface area contributed by atoms with Crippen LogP contribution in [-0.4, -0.2) is 5.71 Å². The van der Waals surface area contributed by atoms with Gasteiger partial charge in [0.05, 0.1) is 0 Å². The smallest absolute Gasteiger partial charge is 0.0373 e. The quantitative estimate of drug-likeness (QED) is 0.754. The number of benzene rings is 1. The van der Waals surface area contributed by atoms with E-state index in [2.05, 4.69) is 52.0 Å². The van der Waals surface area contributed by atoms with E-state index in [-0.39, 0.29) is 5.41 Å². The number of hydrogen-bond acceptors (Lipinski definition) is 1. The average Bonchev–Trinajstić information content (AvgIpc) is 2.28. The van der Waals surface area contributed by atoms with Gasteiger partial charge in [-0.1, -0.05) is 52.0 Å². The number of rotatable bonds is 2. The lowest BCUT2D eigenvalue weighted by Gasteiger charge is -2.16. The van der Waals surface area contributed by atoms with Gasteiger partial charge in [-0.25, -0.2) is 0 Å². The van der Waals surface area contributed by atoms with E-state index in [1.807, 2.05) is 13.0 Å². The van der Waals surface area contributed by atoms with Crippen LogP contribution in [0.25, 0.3) is 12.2 Å². The molecule has 0 saturated heterocycles. The highest BCUT2D eigenvalue weighted by atomic mass is 14.4. The van der Waals surface area contributed by atoms with Crippen LogP contribution in [0.2, 0.25) is 0 Å². The van der Waals surface area contributed by atoms with Crippen molar-refractivity contribution in [3.63, 3.8) is 0 Å². The molecule has 17 heavy (non-hydrogen) atoms. The third-order valence-corrected chi connectivity index (χ3v) is 2.98. The van der Waals surface area contributed by atoms with Gasteiger partial charge in [-0.15, -0.1) is 0 Å². The second-order valence-corrected chi connectivity index (χ2v) is 5.41. The van der Waals surface area contributed by atoms with Crippen LogP contribution in [0.5, 0.6) is 0 Å². The van der Waals surface area contributed by atoms with Crippen LogP contribution in [0.1, 0.15) is 40.2 Å². The minimum Gasteiger partial charge on any atom is -0.305 e. The molecule has 0 aliphatic carbocycles. The van der Waals surface area contributed by atoms with Crippen molar-refractivity contribution in [2.24, 2.45) is 5.41 Å². The molecule has 92 valence electrons. The first-order valence-electron chi connectivity index (χ1n) is 6.24. The predicted octanol–water partition coefficient (Wildman–Crippen LogP) is 2.90. The lowest BCUT2D eigenvalue weighted by Crippen LogP contribution is -2.28.